The number of nitrogens with two attached hydrogens (primary N) is 1. The van der Waals surface area contributed by atoms with Crippen LogP contribution in [0.15, 0.2) is 52.9 Å². The number of benzene rings is 2. The van der Waals surface area contributed by atoms with Gasteiger partial charge in [0.15, 0.2) is 4.34 Å². The highest BCUT2D eigenvalue weighted by molar-refractivity contribution is 8.01. The van der Waals surface area contributed by atoms with E-state index in [9.17, 15) is 9.59 Å². The normalized spacial score (nSPS) is 10.6. The Morgan fingerprint density at radius 3 is 2.61 bits per heavy atom. The fourth-order valence-electron chi connectivity index (χ4n) is 2.88. The number of aromatic nitrogens is 2. The molecule has 0 saturated heterocycles. The number of aryl methyl sites for hydroxylation is 1. The predicted octanol–water partition coefficient (Wildman–Crippen LogP) is 3.89. The lowest BCUT2D eigenvalue weighted by Crippen LogP contribution is -2.34. The Kier molecular flexibility index (Phi) is 8.02. The van der Waals surface area contributed by atoms with Crippen molar-refractivity contribution >= 4 is 45.7 Å². The van der Waals surface area contributed by atoms with E-state index in [1.807, 2.05) is 42.5 Å². The lowest BCUT2D eigenvalue weighted by Gasteiger charge is -2.22. The summed E-state index contributed by atoms with van der Waals surface area (Å²) in [5.74, 6) is -0.289. The number of anilines is 2. The molecule has 9 heteroatoms. The molecule has 3 rings (SSSR count). The number of carbonyl (C=O) groups excluding carboxylic acids is 2. The van der Waals surface area contributed by atoms with Crippen LogP contribution in [0.1, 0.15) is 23.1 Å². The van der Waals surface area contributed by atoms with Crippen molar-refractivity contribution in [1.29, 1.82) is 0 Å². The summed E-state index contributed by atoms with van der Waals surface area (Å²) in [6.07, 6.45) is 0.131. The second kappa shape index (κ2) is 10.9. The van der Waals surface area contributed by atoms with Crippen LogP contribution in [0.4, 0.5) is 10.8 Å². The van der Waals surface area contributed by atoms with Crippen molar-refractivity contribution in [2.24, 2.45) is 5.73 Å². The molecule has 0 saturated carbocycles. The molecular formula is C22H25N5O2S2. The average molecular weight is 456 g/mol. The van der Waals surface area contributed by atoms with Crippen molar-refractivity contribution in [3.63, 3.8) is 0 Å². The Morgan fingerprint density at radius 2 is 1.87 bits per heavy atom. The van der Waals surface area contributed by atoms with Crippen LogP contribution in [-0.2, 0) is 16.1 Å². The number of amides is 2. The molecule has 1 aromatic heterocycles. The summed E-state index contributed by atoms with van der Waals surface area (Å²) >= 11 is 2.74. The highest BCUT2D eigenvalue weighted by Crippen LogP contribution is 2.29. The summed E-state index contributed by atoms with van der Waals surface area (Å²) in [6.45, 7) is 4.84. The number of nitrogens with zero attached hydrogens (tertiary/aromatic N) is 3. The minimum Gasteiger partial charge on any atom is -0.370 e. The molecule has 3 N–H and O–H groups in total. The monoisotopic (exact) mass is 455 g/mol. The Bertz CT molecular complexity index is 1040. The average Bonchev–Trinajstić information content (AvgIpc) is 3.20. The van der Waals surface area contributed by atoms with E-state index in [1.54, 1.807) is 4.90 Å². The van der Waals surface area contributed by atoms with Gasteiger partial charge in [-0.05, 0) is 36.6 Å². The smallest absolute Gasteiger partial charge is 0.233 e. The third-order valence-corrected chi connectivity index (χ3v) is 6.73. The molecule has 2 amide bonds. The molecule has 0 radical (unpaired) electrons. The lowest BCUT2D eigenvalue weighted by atomic mass is 10.1. The van der Waals surface area contributed by atoms with Gasteiger partial charge in [-0.1, -0.05) is 65.6 Å². The van der Waals surface area contributed by atoms with Crippen LogP contribution in [0, 0.1) is 13.8 Å². The maximum absolute atomic E-state index is 12.8. The maximum atomic E-state index is 12.8. The summed E-state index contributed by atoms with van der Waals surface area (Å²) < 4.78 is 0.704. The zero-order chi connectivity index (χ0) is 22.2. The van der Waals surface area contributed by atoms with Crippen LogP contribution >= 0.6 is 23.1 Å². The summed E-state index contributed by atoms with van der Waals surface area (Å²) in [4.78, 5) is 25.7. The molecule has 0 fully saturated rings. The number of carbonyl (C=O) groups is 2. The van der Waals surface area contributed by atoms with Gasteiger partial charge in [-0.2, -0.15) is 0 Å². The second-order valence-electron chi connectivity index (χ2n) is 7.05. The van der Waals surface area contributed by atoms with Crippen molar-refractivity contribution in [1.82, 2.24) is 15.1 Å². The SMILES string of the molecule is Cc1cccc(Nc2nnc(SCC(=O)N(CCC(N)=O)Cc3ccccc3)s2)c1C. The van der Waals surface area contributed by atoms with Crippen molar-refractivity contribution in [3.8, 4) is 0 Å². The Balaban J connectivity index is 1.59. The van der Waals surface area contributed by atoms with Gasteiger partial charge in [0.1, 0.15) is 0 Å². The van der Waals surface area contributed by atoms with E-state index in [1.165, 1.54) is 28.7 Å². The zero-order valence-electron chi connectivity index (χ0n) is 17.5. The third-order valence-electron chi connectivity index (χ3n) is 4.77. The summed E-state index contributed by atoms with van der Waals surface area (Å²) in [7, 11) is 0. The van der Waals surface area contributed by atoms with Crippen molar-refractivity contribution in [2.75, 3.05) is 17.6 Å². The van der Waals surface area contributed by atoms with Crippen LogP contribution in [0.2, 0.25) is 0 Å². The van der Waals surface area contributed by atoms with Crippen LogP contribution in [0.3, 0.4) is 0 Å². The molecule has 0 bridgehead atoms. The van der Waals surface area contributed by atoms with Gasteiger partial charge in [-0.25, -0.2) is 0 Å². The molecule has 0 aliphatic heterocycles. The first-order valence-electron chi connectivity index (χ1n) is 9.82. The van der Waals surface area contributed by atoms with E-state index >= 15 is 0 Å². The molecule has 0 spiro atoms. The van der Waals surface area contributed by atoms with Gasteiger partial charge >= 0.3 is 0 Å². The lowest BCUT2D eigenvalue weighted by molar-refractivity contribution is -0.129. The molecular weight excluding hydrogens is 430 g/mol. The molecule has 162 valence electrons. The summed E-state index contributed by atoms with van der Waals surface area (Å²) in [6, 6.07) is 15.7. The van der Waals surface area contributed by atoms with Gasteiger partial charge in [0, 0.05) is 25.2 Å². The van der Waals surface area contributed by atoms with E-state index in [0.29, 0.717) is 22.6 Å². The Hall–Kier alpha value is -2.91. The van der Waals surface area contributed by atoms with Crippen LogP contribution in [-0.4, -0.2) is 39.2 Å². The van der Waals surface area contributed by atoms with Crippen molar-refractivity contribution < 1.29 is 9.59 Å². The number of thioether (sulfide) groups is 1. The highest BCUT2D eigenvalue weighted by Gasteiger charge is 2.17. The first-order valence-corrected chi connectivity index (χ1v) is 11.6. The fraction of sp³-hybridized carbons (Fsp3) is 0.273. The van der Waals surface area contributed by atoms with Gasteiger partial charge in [0.2, 0.25) is 16.9 Å². The number of nitrogens with one attached hydrogen (secondary N) is 1. The molecule has 0 unspecified atom stereocenters. The molecule has 2 aromatic carbocycles. The largest absolute Gasteiger partial charge is 0.370 e. The van der Waals surface area contributed by atoms with E-state index in [-0.39, 0.29) is 18.1 Å². The maximum Gasteiger partial charge on any atom is 0.233 e. The molecule has 3 aromatic rings. The van der Waals surface area contributed by atoms with Gasteiger partial charge < -0.3 is 16.0 Å². The van der Waals surface area contributed by atoms with Gasteiger partial charge in [0.05, 0.1) is 5.75 Å². The fourth-order valence-corrected chi connectivity index (χ4v) is 4.54. The van der Waals surface area contributed by atoms with Gasteiger partial charge in [0.25, 0.3) is 0 Å². The van der Waals surface area contributed by atoms with Crippen molar-refractivity contribution in [2.45, 2.75) is 31.2 Å². The topological polar surface area (TPSA) is 101 Å². The van der Waals surface area contributed by atoms with Crippen molar-refractivity contribution in [3.05, 3.63) is 65.2 Å². The van der Waals surface area contributed by atoms with E-state index in [0.717, 1.165) is 16.8 Å². The first kappa shape index (κ1) is 22.8. The third kappa shape index (κ3) is 6.80. The zero-order valence-corrected chi connectivity index (χ0v) is 19.1. The summed E-state index contributed by atoms with van der Waals surface area (Å²) in [5.41, 5.74) is 9.63. The molecule has 7 nitrogen and oxygen atoms in total. The number of primary amides is 1. The van der Waals surface area contributed by atoms with E-state index < -0.39 is 5.91 Å². The van der Waals surface area contributed by atoms with Gasteiger partial charge in [-0.15, -0.1) is 10.2 Å². The Labute approximate surface area is 190 Å². The molecule has 1 heterocycles. The van der Waals surface area contributed by atoms with Gasteiger partial charge in [-0.3, -0.25) is 9.59 Å². The second-order valence-corrected chi connectivity index (χ2v) is 9.25. The van der Waals surface area contributed by atoms with E-state index in [2.05, 4.69) is 35.4 Å². The minimum absolute atomic E-state index is 0.0747. The number of rotatable bonds is 10. The van der Waals surface area contributed by atoms with Crippen LogP contribution in [0.25, 0.3) is 0 Å². The minimum atomic E-state index is -0.426. The summed E-state index contributed by atoms with van der Waals surface area (Å²) in [5, 5.41) is 12.3. The predicted molar refractivity (Wildman–Crippen MR) is 126 cm³/mol. The number of hydrogen-bond acceptors (Lipinski definition) is 7. The highest BCUT2D eigenvalue weighted by atomic mass is 32.2. The standard InChI is InChI=1S/C22H25N5O2S2/c1-15-7-6-10-18(16(15)2)24-21-25-26-22(31-21)30-14-20(29)27(12-11-19(23)28)13-17-8-4-3-5-9-17/h3-10H,11-14H2,1-2H3,(H2,23,28)(H,24,25). The molecule has 31 heavy (non-hydrogen) atoms. The first-order chi connectivity index (χ1) is 14.9. The quantitative estimate of drug-likeness (QED) is 0.450. The number of hydrogen-bond donors (Lipinski definition) is 2. The van der Waals surface area contributed by atoms with E-state index in [4.69, 9.17) is 5.73 Å². The van der Waals surface area contributed by atoms with Crippen LogP contribution in [0.5, 0.6) is 0 Å². The Morgan fingerprint density at radius 1 is 1.10 bits per heavy atom. The molecule has 0 aliphatic rings. The van der Waals surface area contributed by atoms with Crippen LogP contribution < -0.4 is 11.1 Å². The molecule has 0 aliphatic carbocycles. The molecule has 0 atom stereocenters.